The summed E-state index contributed by atoms with van der Waals surface area (Å²) >= 11 is 0. The van der Waals surface area contributed by atoms with E-state index in [2.05, 4.69) is 18.3 Å². The van der Waals surface area contributed by atoms with Gasteiger partial charge in [0.05, 0.1) is 0 Å². The van der Waals surface area contributed by atoms with Gasteiger partial charge in [0, 0.05) is 12.1 Å². The minimum atomic E-state index is -0.208. The zero-order valence-corrected chi connectivity index (χ0v) is 12.9. The summed E-state index contributed by atoms with van der Waals surface area (Å²) in [6, 6.07) is 11.0. The van der Waals surface area contributed by atoms with Gasteiger partial charge in [0.25, 0.3) is 0 Å². The van der Waals surface area contributed by atoms with E-state index in [0.29, 0.717) is 6.61 Å². The fourth-order valence-electron chi connectivity index (χ4n) is 2.29. The number of para-hydroxylation sites is 1. The van der Waals surface area contributed by atoms with Gasteiger partial charge in [-0.2, -0.15) is 0 Å². The molecule has 2 aromatic rings. The van der Waals surface area contributed by atoms with Crippen LogP contribution in [0.15, 0.2) is 36.4 Å². The largest absolute Gasteiger partial charge is 0.488 e. The summed E-state index contributed by atoms with van der Waals surface area (Å²) in [4.78, 5) is 0. The Bertz CT molecular complexity index is 610. The number of benzene rings is 2. The highest BCUT2D eigenvalue weighted by Crippen LogP contribution is 2.25. The molecular formula is C18H22FNO. The van der Waals surface area contributed by atoms with E-state index in [1.54, 1.807) is 6.07 Å². The lowest BCUT2D eigenvalue weighted by Gasteiger charge is -2.15. The Kier molecular flexibility index (Phi) is 5.34. The summed E-state index contributed by atoms with van der Waals surface area (Å²) < 4.78 is 19.1. The average molecular weight is 287 g/mol. The van der Waals surface area contributed by atoms with Gasteiger partial charge >= 0.3 is 0 Å². The van der Waals surface area contributed by atoms with Gasteiger partial charge in [0.15, 0.2) is 0 Å². The van der Waals surface area contributed by atoms with Crippen LogP contribution in [0.25, 0.3) is 0 Å². The summed E-state index contributed by atoms with van der Waals surface area (Å²) in [6.07, 6.45) is 0. The smallest absolute Gasteiger partial charge is 0.127 e. The highest BCUT2D eigenvalue weighted by atomic mass is 19.1. The molecule has 0 radical (unpaired) electrons. The van der Waals surface area contributed by atoms with Gasteiger partial charge in [-0.3, -0.25) is 0 Å². The first kappa shape index (κ1) is 15.5. The van der Waals surface area contributed by atoms with Gasteiger partial charge < -0.3 is 10.1 Å². The summed E-state index contributed by atoms with van der Waals surface area (Å²) in [7, 11) is 0. The maximum Gasteiger partial charge on any atom is 0.127 e. The molecule has 0 bridgehead atoms. The standard InChI is InChI=1S/C18H22FNO/c1-4-20-11-15-7-5-6-13(2)18(15)21-12-16-8-9-17(19)10-14(16)3/h5-10,20H,4,11-12H2,1-3H3. The molecule has 2 nitrogen and oxygen atoms in total. The van der Waals surface area contributed by atoms with E-state index in [1.807, 2.05) is 26.0 Å². The van der Waals surface area contributed by atoms with E-state index < -0.39 is 0 Å². The monoisotopic (exact) mass is 287 g/mol. The molecule has 0 aliphatic carbocycles. The number of aryl methyl sites for hydroxylation is 2. The van der Waals surface area contributed by atoms with Crippen molar-refractivity contribution >= 4 is 0 Å². The Hall–Kier alpha value is -1.87. The summed E-state index contributed by atoms with van der Waals surface area (Å²) in [5.41, 5.74) is 4.19. The van der Waals surface area contributed by atoms with Gasteiger partial charge in [0.2, 0.25) is 0 Å². The molecule has 0 aliphatic rings. The lowest BCUT2D eigenvalue weighted by Crippen LogP contribution is -2.13. The van der Waals surface area contributed by atoms with Crippen LogP contribution in [0.2, 0.25) is 0 Å². The van der Waals surface area contributed by atoms with E-state index in [-0.39, 0.29) is 5.82 Å². The lowest BCUT2D eigenvalue weighted by molar-refractivity contribution is 0.299. The fourth-order valence-corrected chi connectivity index (χ4v) is 2.29. The summed E-state index contributed by atoms with van der Waals surface area (Å²) in [6.45, 7) is 8.19. The molecule has 3 heteroatoms. The maximum atomic E-state index is 13.1. The van der Waals surface area contributed by atoms with Crippen molar-refractivity contribution in [1.29, 1.82) is 0 Å². The highest BCUT2D eigenvalue weighted by Gasteiger charge is 2.08. The predicted molar refractivity (Wildman–Crippen MR) is 84.0 cm³/mol. The molecule has 0 aliphatic heterocycles. The second kappa shape index (κ2) is 7.23. The Balaban J connectivity index is 2.15. The molecule has 0 fully saturated rings. The van der Waals surface area contributed by atoms with E-state index in [1.165, 1.54) is 12.1 Å². The molecular weight excluding hydrogens is 265 g/mol. The fraction of sp³-hybridized carbons (Fsp3) is 0.333. The molecule has 2 aromatic carbocycles. The van der Waals surface area contributed by atoms with E-state index in [0.717, 1.165) is 41.1 Å². The van der Waals surface area contributed by atoms with Gasteiger partial charge in [0.1, 0.15) is 18.2 Å². The van der Waals surface area contributed by atoms with Crippen LogP contribution < -0.4 is 10.1 Å². The van der Waals surface area contributed by atoms with Crippen LogP contribution in [0.3, 0.4) is 0 Å². The first-order chi connectivity index (χ1) is 10.1. The van der Waals surface area contributed by atoms with Crippen LogP contribution in [0, 0.1) is 19.7 Å². The molecule has 0 saturated heterocycles. The van der Waals surface area contributed by atoms with Crippen LogP contribution in [0.5, 0.6) is 5.75 Å². The zero-order valence-electron chi connectivity index (χ0n) is 12.9. The van der Waals surface area contributed by atoms with Gasteiger partial charge in [-0.1, -0.05) is 31.2 Å². The molecule has 0 atom stereocenters. The Morgan fingerprint density at radius 3 is 2.57 bits per heavy atom. The van der Waals surface area contributed by atoms with Gasteiger partial charge in [-0.05, 0) is 49.2 Å². The number of hydrogen-bond acceptors (Lipinski definition) is 2. The summed E-state index contributed by atoms with van der Waals surface area (Å²) in [5, 5.41) is 3.32. The molecule has 2 rings (SSSR count). The number of ether oxygens (including phenoxy) is 1. The van der Waals surface area contributed by atoms with Crippen molar-refractivity contribution in [3.63, 3.8) is 0 Å². The van der Waals surface area contributed by atoms with Crippen molar-refractivity contribution < 1.29 is 9.13 Å². The van der Waals surface area contributed by atoms with Crippen molar-refractivity contribution in [1.82, 2.24) is 5.32 Å². The van der Waals surface area contributed by atoms with Gasteiger partial charge in [-0.15, -0.1) is 0 Å². The molecule has 0 heterocycles. The zero-order chi connectivity index (χ0) is 15.2. The SMILES string of the molecule is CCNCc1cccc(C)c1OCc1ccc(F)cc1C. The Labute approximate surface area is 126 Å². The molecule has 0 unspecified atom stereocenters. The van der Waals surface area contributed by atoms with Crippen LogP contribution >= 0.6 is 0 Å². The molecule has 0 amide bonds. The van der Waals surface area contributed by atoms with Crippen molar-refractivity contribution in [2.45, 2.75) is 33.9 Å². The third-order valence-corrected chi connectivity index (χ3v) is 3.54. The molecule has 1 N–H and O–H groups in total. The minimum Gasteiger partial charge on any atom is -0.488 e. The van der Waals surface area contributed by atoms with Crippen molar-refractivity contribution in [2.24, 2.45) is 0 Å². The number of rotatable bonds is 6. The predicted octanol–water partition coefficient (Wildman–Crippen LogP) is 4.13. The van der Waals surface area contributed by atoms with Crippen molar-refractivity contribution in [2.75, 3.05) is 6.54 Å². The molecule has 0 saturated carbocycles. The topological polar surface area (TPSA) is 21.3 Å². The molecule has 0 spiro atoms. The van der Waals surface area contributed by atoms with E-state index in [4.69, 9.17) is 4.74 Å². The maximum absolute atomic E-state index is 13.1. The highest BCUT2D eigenvalue weighted by molar-refractivity contribution is 5.41. The van der Waals surface area contributed by atoms with Crippen LogP contribution in [0.4, 0.5) is 4.39 Å². The molecule has 21 heavy (non-hydrogen) atoms. The number of hydrogen-bond donors (Lipinski definition) is 1. The normalized spacial score (nSPS) is 10.7. The number of nitrogens with one attached hydrogen (secondary N) is 1. The van der Waals surface area contributed by atoms with Crippen molar-refractivity contribution in [3.05, 3.63) is 64.5 Å². The first-order valence-corrected chi connectivity index (χ1v) is 7.29. The average Bonchev–Trinajstić information content (AvgIpc) is 2.45. The van der Waals surface area contributed by atoms with E-state index >= 15 is 0 Å². The minimum absolute atomic E-state index is 0.208. The van der Waals surface area contributed by atoms with Crippen molar-refractivity contribution in [3.8, 4) is 5.75 Å². The summed E-state index contributed by atoms with van der Waals surface area (Å²) in [5.74, 6) is 0.710. The molecule has 0 aromatic heterocycles. The van der Waals surface area contributed by atoms with Crippen LogP contribution in [-0.2, 0) is 13.2 Å². The second-order valence-corrected chi connectivity index (χ2v) is 5.20. The van der Waals surface area contributed by atoms with Crippen LogP contribution in [0.1, 0.15) is 29.2 Å². The second-order valence-electron chi connectivity index (χ2n) is 5.20. The van der Waals surface area contributed by atoms with E-state index in [9.17, 15) is 4.39 Å². The third kappa shape index (κ3) is 4.05. The first-order valence-electron chi connectivity index (χ1n) is 7.29. The van der Waals surface area contributed by atoms with Crippen LogP contribution in [-0.4, -0.2) is 6.54 Å². The Morgan fingerprint density at radius 2 is 1.86 bits per heavy atom. The third-order valence-electron chi connectivity index (χ3n) is 3.54. The number of halogens is 1. The lowest BCUT2D eigenvalue weighted by atomic mass is 10.1. The molecule has 112 valence electrons. The quantitative estimate of drug-likeness (QED) is 0.862. The van der Waals surface area contributed by atoms with Gasteiger partial charge in [-0.25, -0.2) is 4.39 Å². The Morgan fingerprint density at radius 1 is 1.05 bits per heavy atom.